The number of halogens is 2. The van der Waals surface area contributed by atoms with Gasteiger partial charge in [0.1, 0.15) is 0 Å². The molecule has 0 N–H and O–H groups in total. The molecule has 0 heterocycles. The third-order valence-electron chi connectivity index (χ3n) is 1.33. The Bertz CT molecular complexity index is 259. The molecule has 0 aromatic heterocycles. The maximum Gasteiger partial charge on any atom is 0.0489 e. The monoisotopic (exact) mass is 230 g/mol. The highest BCUT2D eigenvalue weighted by atomic mass is 79.9. The predicted molar refractivity (Wildman–Crippen MR) is 53.9 cm³/mol. The van der Waals surface area contributed by atoms with Gasteiger partial charge in [-0.15, -0.1) is 0 Å². The molecule has 58 valence electrons. The summed E-state index contributed by atoms with van der Waals surface area (Å²) < 4.78 is 1.03. The molecule has 0 amide bonds. The van der Waals surface area contributed by atoms with Crippen molar-refractivity contribution in [3.8, 4) is 0 Å². The van der Waals surface area contributed by atoms with Gasteiger partial charge in [0.2, 0.25) is 0 Å². The van der Waals surface area contributed by atoms with Gasteiger partial charge in [0.05, 0.1) is 0 Å². The normalized spacial score (nSPS) is 10.8. The number of rotatable bonds is 1. The minimum Gasteiger partial charge on any atom is -0.0870 e. The third kappa shape index (κ3) is 2.08. The Morgan fingerprint density at radius 1 is 1.45 bits per heavy atom. The van der Waals surface area contributed by atoms with Gasteiger partial charge in [0, 0.05) is 15.1 Å². The van der Waals surface area contributed by atoms with E-state index in [1.54, 1.807) is 0 Å². The van der Waals surface area contributed by atoms with Crippen LogP contribution in [0, 0.1) is 0 Å². The summed E-state index contributed by atoms with van der Waals surface area (Å²) in [6.07, 6.45) is 3.94. The molecule has 0 nitrogen and oxygen atoms in total. The molecule has 0 radical (unpaired) electrons. The van der Waals surface area contributed by atoms with Gasteiger partial charge in [0.25, 0.3) is 0 Å². The van der Waals surface area contributed by atoms with Crippen LogP contribution < -0.4 is 0 Å². The van der Waals surface area contributed by atoms with E-state index in [1.807, 2.05) is 37.3 Å². The van der Waals surface area contributed by atoms with E-state index in [2.05, 4.69) is 15.9 Å². The molecule has 2 heteroatoms. The van der Waals surface area contributed by atoms with E-state index >= 15 is 0 Å². The van der Waals surface area contributed by atoms with Crippen LogP contribution in [-0.4, -0.2) is 0 Å². The van der Waals surface area contributed by atoms with Gasteiger partial charge >= 0.3 is 0 Å². The summed E-state index contributed by atoms with van der Waals surface area (Å²) in [5, 5.41) is 0.775. The van der Waals surface area contributed by atoms with E-state index in [9.17, 15) is 0 Å². The molecule has 0 saturated heterocycles. The Morgan fingerprint density at radius 3 is 2.73 bits per heavy atom. The molecule has 0 aliphatic rings. The van der Waals surface area contributed by atoms with Crippen LogP contribution in [0.15, 0.2) is 28.7 Å². The summed E-state index contributed by atoms with van der Waals surface area (Å²) in [7, 11) is 0. The predicted octanol–water partition coefficient (Wildman–Crippen LogP) is 4.14. The van der Waals surface area contributed by atoms with Crippen LogP contribution in [0.1, 0.15) is 12.5 Å². The molecule has 0 saturated carbocycles. The van der Waals surface area contributed by atoms with E-state index in [-0.39, 0.29) is 0 Å². The number of hydrogen-bond donors (Lipinski definition) is 0. The second kappa shape index (κ2) is 3.93. The van der Waals surface area contributed by atoms with E-state index in [0.717, 1.165) is 15.1 Å². The van der Waals surface area contributed by atoms with Crippen LogP contribution in [0.25, 0.3) is 6.08 Å². The quantitative estimate of drug-likeness (QED) is 0.681. The SMILES string of the molecule is C/C=C/c1c(Cl)cccc1Br. The highest BCUT2D eigenvalue weighted by Gasteiger charge is 1.98. The first-order chi connectivity index (χ1) is 5.25. The van der Waals surface area contributed by atoms with Gasteiger partial charge in [-0.1, -0.05) is 45.7 Å². The first kappa shape index (κ1) is 8.82. The second-order valence-electron chi connectivity index (χ2n) is 2.14. The molecule has 1 aromatic rings. The van der Waals surface area contributed by atoms with E-state index < -0.39 is 0 Å². The van der Waals surface area contributed by atoms with Gasteiger partial charge in [-0.05, 0) is 19.1 Å². The zero-order valence-electron chi connectivity index (χ0n) is 6.14. The fraction of sp³-hybridized carbons (Fsp3) is 0.111. The van der Waals surface area contributed by atoms with Gasteiger partial charge in [-0.2, -0.15) is 0 Å². The van der Waals surface area contributed by atoms with Crippen molar-refractivity contribution in [2.45, 2.75) is 6.92 Å². The van der Waals surface area contributed by atoms with Gasteiger partial charge in [-0.3, -0.25) is 0 Å². The lowest BCUT2D eigenvalue weighted by molar-refractivity contribution is 1.59. The number of benzene rings is 1. The zero-order chi connectivity index (χ0) is 8.27. The first-order valence-electron chi connectivity index (χ1n) is 3.32. The lowest BCUT2D eigenvalue weighted by Gasteiger charge is -1.99. The number of hydrogen-bond acceptors (Lipinski definition) is 0. The van der Waals surface area contributed by atoms with Crippen LogP contribution in [0.2, 0.25) is 5.02 Å². The first-order valence-corrected chi connectivity index (χ1v) is 4.49. The standard InChI is InChI=1S/C9H8BrCl/c1-2-4-7-8(10)5-3-6-9(7)11/h2-6H,1H3/b4-2+. The summed E-state index contributed by atoms with van der Waals surface area (Å²) in [4.78, 5) is 0. The Kier molecular flexibility index (Phi) is 3.16. The minimum absolute atomic E-state index is 0.775. The Labute approximate surface area is 80.0 Å². The van der Waals surface area contributed by atoms with E-state index in [1.165, 1.54) is 0 Å². The highest BCUT2D eigenvalue weighted by Crippen LogP contribution is 2.25. The van der Waals surface area contributed by atoms with Crippen LogP contribution in [0.5, 0.6) is 0 Å². The smallest absolute Gasteiger partial charge is 0.0489 e. The van der Waals surface area contributed by atoms with Crippen molar-refractivity contribution >= 4 is 33.6 Å². The lowest BCUT2D eigenvalue weighted by Crippen LogP contribution is -1.76. The van der Waals surface area contributed by atoms with Crippen molar-refractivity contribution in [1.29, 1.82) is 0 Å². The van der Waals surface area contributed by atoms with Gasteiger partial charge in [0.15, 0.2) is 0 Å². The molecule has 1 aromatic carbocycles. The lowest BCUT2D eigenvalue weighted by atomic mass is 10.2. The maximum atomic E-state index is 5.93. The molecule has 11 heavy (non-hydrogen) atoms. The van der Waals surface area contributed by atoms with Crippen molar-refractivity contribution in [3.05, 3.63) is 39.3 Å². The zero-order valence-corrected chi connectivity index (χ0v) is 8.48. The highest BCUT2D eigenvalue weighted by molar-refractivity contribution is 9.10. The summed E-state index contributed by atoms with van der Waals surface area (Å²) in [5.74, 6) is 0. The molecule has 0 aliphatic heterocycles. The Morgan fingerprint density at radius 2 is 2.18 bits per heavy atom. The minimum atomic E-state index is 0.775. The molecule has 1 rings (SSSR count). The molecule has 0 unspecified atom stereocenters. The van der Waals surface area contributed by atoms with Crippen LogP contribution in [0.3, 0.4) is 0 Å². The largest absolute Gasteiger partial charge is 0.0870 e. The van der Waals surface area contributed by atoms with Crippen LogP contribution in [0.4, 0.5) is 0 Å². The van der Waals surface area contributed by atoms with Crippen molar-refractivity contribution < 1.29 is 0 Å². The summed E-state index contributed by atoms with van der Waals surface area (Å²) in [5.41, 5.74) is 1.04. The topological polar surface area (TPSA) is 0 Å². The second-order valence-corrected chi connectivity index (χ2v) is 3.40. The average Bonchev–Trinajstić information content (AvgIpc) is 1.97. The molecular formula is C9H8BrCl. The molecule has 0 fully saturated rings. The summed E-state index contributed by atoms with van der Waals surface area (Å²) in [6.45, 7) is 1.97. The molecule has 0 bridgehead atoms. The summed E-state index contributed by atoms with van der Waals surface area (Å²) >= 11 is 9.34. The molecular weight excluding hydrogens is 223 g/mol. The fourth-order valence-corrected chi connectivity index (χ4v) is 1.69. The van der Waals surface area contributed by atoms with Gasteiger partial charge in [-0.25, -0.2) is 0 Å². The fourth-order valence-electron chi connectivity index (χ4n) is 0.837. The van der Waals surface area contributed by atoms with Crippen LogP contribution in [-0.2, 0) is 0 Å². The van der Waals surface area contributed by atoms with E-state index in [0.29, 0.717) is 0 Å². The van der Waals surface area contributed by atoms with Crippen molar-refractivity contribution in [1.82, 2.24) is 0 Å². The average molecular weight is 232 g/mol. The van der Waals surface area contributed by atoms with Crippen LogP contribution >= 0.6 is 27.5 Å². The summed E-state index contributed by atoms with van der Waals surface area (Å²) in [6, 6.07) is 5.77. The number of allylic oxidation sites excluding steroid dienone is 1. The molecule has 0 aliphatic carbocycles. The molecule has 0 spiro atoms. The van der Waals surface area contributed by atoms with Crippen molar-refractivity contribution in [2.75, 3.05) is 0 Å². The van der Waals surface area contributed by atoms with Crippen molar-refractivity contribution in [2.24, 2.45) is 0 Å². The maximum absolute atomic E-state index is 5.93. The van der Waals surface area contributed by atoms with Gasteiger partial charge < -0.3 is 0 Å². The Balaban J connectivity index is 3.20. The van der Waals surface area contributed by atoms with Crippen molar-refractivity contribution in [3.63, 3.8) is 0 Å². The Hall–Kier alpha value is -0.270. The third-order valence-corrected chi connectivity index (χ3v) is 2.35. The molecule has 0 atom stereocenters. The van der Waals surface area contributed by atoms with E-state index in [4.69, 9.17) is 11.6 Å².